The number of hydrogen-bond donors (Lipinski definition) is 2. The van der Waals surface area contributed by atoms with Crippen molar-refractivity contribution in [3.05, 3.63) is 89.5 Å². The Morgan fingerprint density at radius 2 is 1.36 bits per heavy atom. The van der Waals surface area contributed by atoms with Gasteiger partial charge >= 0.3 is 11.9 Å². The van der Waals surface area contributed by atoms with E-state index < -0.39 is 17.7 Å². The molecular formula is C21H20N2O5. The minimum absolute atomic E-state index is 0.315. The van der Waals surface area contributed by atoms with E-state index >= 15 is 0 Å². The fourth-order valence-corrected chi connectivity index (χ4v) is 2.48. The van der Waals surface area contributed by atoms with Gasteiger partial charge in [-0.1, -0.05) is 12.1 Å². The first kappa shape index (κ1) is 20.6. The first-order chi connectivity index (χ1) is 13.5. The quantitative estimate of drug-likeness (QED) is 0.675. The van der Waals surface area contributed by atoms with E-state index in [1.54, 1.807) is 0 Å². The van der Waals surface area contributed by atoms with Gasteiger partial charge in [-0.25, -0.2) is 14.6 Å². The standard InChI is InChI=1S/C13H14N2.C8H6O5/c1(2-12-4-8-14-9-5-12)3-13-6-10-15-11-7-13;9-6-2-4(7(10)11)1-5(3-6)8(12)13/h4-11H,1-3H2;1-3,9H,(H,10,11)(H,12,13). The summed E-state index contributed by atoms with van der Waals surface area (Å²) in [7, 11) is 0. The van der Waals surface area contributed by atoms with Crippen molar-refractivity contribution in [1.29, 1.82) is 0 Å². The van der Waals surface area contributed by atoms with E-state index in [9.17, 15) is 14.7 Å². The van der Waals surface area contributed by atoms with Gasteiger partial charge in [0.1, 0.15) is 0 Å². The molecule has 0 saturated heterocycles. The lowest BCUT2D eigenvalue weighted by molar-refractivity contribution is -0.378. The van der Waals surface area contributed by atoms with Gasteiger partial charge in [0.2, 0.25) is 0 Å². The molecule has 7 nitrogen and oxygen atoms in total. The number of rotatable bonds is 6. The van der Waals surface area contributed by atoms with Crippen LogP contribution in [0.25, 0.3) is 0 Å². The number of nitrogens with one attached hydrogen (secondary N) is 1. The molecule has 28 heavy (non-hydrogen) atoms. The number of hydrogen-bond acceptors (Lipinski definition) is 4. The van der Waals surface area contributed by atoms with Crippen molar-refractivity contribution in [2.24, 2.45) is 0 Å². The van der Waals surface area contributed by atoms with Crippen LogP contribution in [-0.4, -0.2) is 27.1 Å². The van der Waals surface area contributed by atoms with Crippen molar-refractivity contribution in [2.45, 2.75) is 19.3 Å². The maximum Gasteiger partial charge on any atom is 0.335 e. The number of aromatic carboxylic acids is 2. The SMILES string of the molecule is O=C(O)c1cc([O-])cc(C(=O)O)c1.c1cc(CCCc2cc[nH+]cc2)ccn1. The lowest BCUT2D eigenvalue weighted by atomic mass is 10.1. The van der Waals surface area contributed by atoms with E-state index in [-0.39, 0.29) is 11.1 Å². The van der Waals surface area contributed by atoms with Crippen LogP contribution in [0.5, 0.6) is 5.75 Å². The largest absolute Gasteiger partial charge is 0.872 e. The Kier molecular flexibility index (Phi) is 7.65. The molecule has 0 fully saturated rings. The van der Waals surface area contributed by atoms with E-state index in [0.29, 0.717) is 0 Å². The van der Waals surface area contributed by atoms with Gasteiger partial charge < -0.3 is 15.3 Å². The molecule has 2 aromatic heterocycles. The number of aromatic nitrogens is 2. The van der Waals surface area contributed by atoms with Gasteiger partial charge in [0.25, 0.3) is 0 Å². The molecule has 0 aliphatic heterocycles. The molecule has 0 spiro atoms. The zero-order valence-electron chi connectivity index (χ0n) is 15.0. The molecule has 0 amide bonds. The molecule has 144 valence electrons. The van der Waals surface area contributed by atoms with Crippen molar-refractivity contribution in [1.82, 2.24) is 4.98 Å². The second-order valence-corrected chi connectivity index (χ2v) is 5.97. The van der Waals surface area contributed by atoms with E-state index in [1.165, 1.54) is 17.5 Å². The van der Waals surface area contributed by atoms with Crippen molar-refractivity contribution in [3.63, 3.8) is 0 Å². The zero-order valence-corrected chi connectivity index (χ0v) is 15.0. The number of H-pyrrole nitrogens is 1. The van der Waals surface area contributed by atoms with E-state index in [1.807, 2.05) is 24.8 Å². The average Bonchev–Trinajstić information content (AvgIpc) is 2.69. The highest BCUT2D eigenvalue weighted by molar-refractivity contribution is 5.94. The van der Waals surface area contributed by atoms with Gasteiger partial charge in [0.05, 0.1) is 11.1 Å². The number of carbonyl (C=O) groups is 2. The summed E-state index contributed by atoms with van der Waals surface area (Å²) >= 11 is 0. The number of nitrogens with zero attached hydrogens (tertiary/aromatic N) is 1. The normalized spacial score (nSPS) is 9.86. The summed E-state index contributed by atoms with van der Waals surface area (Å²) in [6.45, 7) is 0. The molecule has 3 rings (SSSR count). The predicted molar refractivity (Wildman–Crippen MR) is 99.1 cm³/mol. The van der Waals surface area contributed by atoms with Crippen LogP contribution in [0, 0.1) is 0 Å². The Labute approximate surface area is 162 Å². The number of carboxylic acids is 2. The molecule has 3 N–H and O–H groups in total. The number of benzene rings is 1. The third-order valence-electron chi connectivity index (χ3n) is 3.87. The first-order valence-electron chi connectivity index (χ1n) is 8.58. The van der Waals surface area contributed by atoms with Crippen molar-refractivity contribution < 1.29 is 29.9 Å². The summed E-state index contributed by atoms with van der Waals surface area (Å²) < 4.78 is 0. The summed E-state index contributed by atoms with van der Waals surface area (Å²) in [6, 6.07) is 11.1. The summed E-state index contributed by atoms with van der Waals surface area (Å²) in [6.07, 6.45) is 11.1. The summed E-state index contributed by atoms with van der Waals surface area (Å²) in [5, 5.41) is 27.8. The van der Waals surface area contributed by atoms with Gasteiger partial charge in [-0.2, -0.15) is 0 Å². The third-order valence-corrected chi connectivity index (χ3v) is 3.87. The number of aryl methyl sites for hydroxylation is 2. The topological polar surface area (TPSA) is 125 Å². The molecule has 0 aliphatic carbocycles. The maximum absolute atomic E-state index is 10.8. The molecule has 0 atom stereocenters. The molecule has 1 aromatic carbocycles. The molecular weight excluding hydrogens is 360 g/mol. The second-order valence-electron chi connectivity index (χ2n) is 5.97. The van der Waals surface area contributed by atoms with Crippen molar-refractivity contribution >= 4 is 11.9 Å². The number of aromatic amines is 1. The monoisotopic (exact) mass is 380 g/mol. The molecule has 0 saturated carbocycles. The van der Waals surface area contributed by atoms with Crippen LogP contribution in [-0.2, 0) is 12.8 Å². The minimum Gasteiger partial charge on any atom is -0.872 e. The molecule has 7 heteroatoms. The highest BCUT2D eigenvalue weighted by Gasteiger charge is 2.07. The Morgan fingerprint density at radius 1 is 0.857 bits per heavy atom. The number of pyridine rings is 2. The summed E-state index contributed by atoms with van der Waals surface area (Å²) in [5.41, 5.74) is 2.13. The molecule has 2 heterocycles. The van der Waals surface area contributed by atoms with E-state index in [4.69, 9.17) is 10.2 Å². The molecule has 0 unspecified atom stereocenters. The number of carboxylic acid groups (broad SMARTS) is 2. The average molecular weight is 380 g/mol. The summed E-state index contributed by atoms with van der Waals surface area (Å²) in [5.74, 6) is -3.27. The lowest BCUT2D eigenvalue weighted by Crippen LogP contribution is -2.04. The van der Waals surface area contributed by atoms with Gasteiger partial charge in [0.15, 0.2) is 12.4 Å². The highest BCUT2D eigenvalue weighted by Crippen LogP contribution is 2.13. The van der Waals surface area contributed by atoms with Gasteiger partial charge in [-0.3, -0.25) is 4.98 Å². The first-order valence-corrected chi connectivity index (χ1v) is 8.58. The van der Waals surface area contributed by atoms with Gasteiger partial charge in [0, 0.05) is 24.5 Å². The molecule has 0 radical (unpaired) electrons. The Bertz CT molecular complexity index is 843. The smallest absolute Gasteiger partial charge is 0.335 e. The Morgan fingerprint density at radius 3 is 1.86 bits per heavy atom. The van der Waals surface area contributed by atoms with Crippen LogP contribution in [0.1, 0.15) is 38.3 Å². The van der Waals surface area contributed by atoms with E-state index in [0.717, 1.165) is 31.0 Å². The van der Waals surface area contributed by atoms with Gasteiger partial charge in [-0.05, 0) is 48.6 Å². The van der Waals surface area contributed by atoms with Crippen molar-refractivity contribution in [2.75, 3.05) is 0 Å². The van der Waals surface area contributed by atoms with Crippen LogP contribution in [0.4, 0.5) is 0 Å². The minimum atomic E-state index is -1.32. The molecule has 0 bridgehead atoms. The lowest BCUT2D eigenvalue weighted by Gasteiger charge is -2.07. The zero-order chi connectivity index (χ0) is 20.4. The van der Waals surface area contributed by atoms with E-state index in [2.05, 4.69) is 34.2 Å². The fourth-order valence-electron chi connectivity index (χ4n) is 2.48. The van der Waals surface area contributed by atoms with Crippen LogP contribution in [0.15, 0.2) is 67.3 Å². The van der Waals surface area contributed by atoms with Crippen LogP contribution >= 0.6 is 0 Å². The van der Waals surface area contributed by atoms with Crippen molar-refractivity contribution in [3.8, 4) is 5.75 Å². The summed E-state index contributed by atoms with van der Waals surface area (Å²) in [4.78, 5) is 27.8. The molecule has 3 aromatic rings. The second kappa shape index (κ2) is 10.4. The molecule has 0 aliphatic rings. The van der Waals surface area contributed by atoms with Gasteiger partial charge in [-0.15, -0.1) is 5.75 Å². The maximum atomic E-state index is 10.8. The Balaban J connectivity index is 0.000000203. The fraction of sp³-hybridized carbons (Fsp3) is 0.143. The Hall–Kier alpha value is -3.74. The van der Waals surface area contributed by atoms with Crippen LogP contribution in [0.3, 0.4) is 0 Å². The third kappa shape index (κ3) is 6.87. The van der Waals surface area contributed by atoms with Crippen LogP contribution in [0.2, 0.25) is 0 Å². The highest BCUT2D eigenvalue weighted by atomic mass is 16.4. The predicted octanol–water partition coefficient (Wildman–Crippen LogP) is 2.23. The van der Waals surface area contributed by atoms with Crippen LogP contribution < -0.4 is 10.1 Å².